The van der Waals surface area contributed by atoms with Gasteiger partial charge in [0, 0.05) is 23.9 Å². The molecule has 0 saturated heterocycles. The molecule has 1 saturated carbocycles. The number of carbonyl (C=O) groups excluding carboxylic acids is 1. The molecule has 0 bridgehead atoms. The molecule has 1 fully saturated rings. The second-order valence-electron chi connectivity index (χ2n) is 5.93. The highest BCUT2D eigenvalue weighted by molar-refractivity contribution is 7.11. The Hall–Kier alpha value is -0.360. The molecule has 0 aliphatic heterocycles. The second kappa shape index (κ2) is 9.06. The van der Waals surface area contributed by atoms with Crippen molar-refractivity contribution < 1.29 is 4.79 Å². The minimum absolute atomic E-state index is 0. The highest BCUT2D eigenvalue weighted by Gasteiger charge is 2.30. The van der Waals surface area contributed by atoms with E-state index in [-0.39, 0.29) is 48.7 Å². The summed E-state index contributed by atoms with van der Waals surface area (Å²) < 4.78 is 0. The first-order valence-corrected chi connectivity index (χ1v) is 8.18. The van der Waals surface area contributed by atoms with E-state index in [1.165, 1.54) is 4.88 Å². The van der Waals surface area contributed by atoms with Crippen LogP contribution in [0.15, 0.2) is 0 Å². The van der Waals surface area contributed by atoms with Gasteiger partial charge in [0.25, 0.3) is 0 Å². The Morgan fingerprint density at radius 1 is 1.36 bits per heavy atom. The van der Waals surface area contributed by atoms with Crippen LogP contribution in [-0.2, 0) is 4.79 Å². The third-order valence-corrected chi connectivity index (χ3v) is 5.55. The highest BCUT2D eigenvalue weighted by atomic mass is 35.5. The first-order valence-electron chi connectivity index (χ1n) is 7.36. The van der Waals surface area contributed by atoms with Crippen molar-refractivity contribution in [3.8, 4) is 0 Å². The van der Waals surface area contributed by atoms with Gasteiger partial charge in [0.15, 0.2) is 0 Å². The number of thiazole rings is 1. The zero-order chi connectivity index (χ0) is 14.9. The average molecular weight is 368 g/mol. The maximum atomic E-state index is 12.6. The van der Waals surface area contributed by atoms with Crippen molar-refractivity contribution in [1.29, 1.82) is 0 Å². The predicted octanol–water partition coefficient (Wildman–Crippen LogP) is 3.64. The van der Waals surface area contributed by atoms with Gasteiger partial charge in [0.1, 0.15) is 0 Å². The number of nitrogens with zero attached hydrogens (tertiary/aromatic N) is 2. The number of carbonyl (C=O) groups is 1. The van der Waals surface area contributed by atoms with E-state index >= 15 is 0 Å². The monoisotopic (exact) mass is 367 g/mol. The molecule has 3 atom stereocenters. The number of rotatable bonds is 3. The van der Waals surface area contributed by atoms with Crippen LogP contribution in [0, 0.1) is 19.8 Å². The van der Waals surface area contributed by atoms with Crippen LogP contribution < -0.4 is 5.73 Å². The van der Waals surface area contributed by atoms with E-state index in [4.69, 9.17) is 5.73 Å². The number of aromatic nitrogens is 1. The minimum atomic E-state index is 0. The summed E-state index contributed by atoms with van der Waals surface area (Å²) in [6, 6.07) is 0.278. The van der Waals surface area contributed by atoms with Gasteiger partial charge in [0.05, 0.1) is 16.7 Å². The lowest BCUT2D eigenvalue weighted by atomic mass is 9.85. The molecule has 1 heterocycles. The van der Waals surface area contributed by atoms with Crippen molar-refractivity contribution in [3.63, 3.8) is 0 Å². The Labute approximate surface area is 149 Å². The fourth-order valence-electron chi connectivity index (χ4n) is 3.04. The van der Waals surface area contributed by atoms with Crippen molar-refractivity contribution in [1.82, 2.24) is 9.88 Å². The Morgan fingerprint density at radius 3 is 2.50 bits per heavy atom. The lowest BCUT2D eigenvalue weighted by molar-refractivity contribution is -0.137. The SMILES string of the molecule is Cc1nc(C)c(C(C)N(C)C(=O)C2CCCC(N)C2)s1.Cl.Cl. The van der Waals surface area contributed by atoms with Crippen molar-refractivity contribution in [2.24, 2.45) is 11.7 Å². The van der Waals surface area contributed by atoms with Crippen LogP contribution in [0.1, 0.15) is 54.2 Å². The number of hydrogen-bond donors (Lipinski definition) is 1. The molecule has 128 valence electrons. The molecule has 1 aliphatic rings. The second-order valence-corrected chi connectivity index (χ2v) is 7.17. The van der Waals surface area contributed by atoms with Gasteiger partial charge in [-0.05, 0) is 40.0 Å². The third-order valence-electron chi connectivity index (χ3n) is 4.31. The van der Waals surface area contributed by atoms with Gasteiger partial charge in [-0.25, -0.2) is 4.98 Å². The van der Waals surface area contributed by atoms with Crippen LogP contribution in [0.3, 0.4) is 0 Å². The molecule has 22 heavy (non-hydrogen) atoms. The summed E-state index contributed by atoms with van der Waals surface area (Å²) in [4.78, 5) is 20.2. The van der Waals surface area contributed by atoms with Gasteiger partial charge in [-0.1, -0.05) is 6.42 Å². The molecule has 2 N–H and O–H groups in total. The molecule has 0 spiro atoms. The summed E-state index contributed by atoms with van der Waals surface area (Å²) in [6.07, 6.45) is 3.93. The number of hydrogen-bond acceptors (Lipinski definition) is 4. The lowest BCUT2D eigenvalue weighted by Crippen LogP contribution is -2.39. The van der Waals surface area contributed by atoms with Gasteiger partial charge < -0.3 is 10.6 Å². The summed E-state index contributed by atoms with van der Waals surface area (Å²) in [5.41, 5.74) is 7.04. The first-order chi connectivity index (χ1) is 9.40. The van der Waals surface area contributed by atoms with E-state index in [1.54, 1.807) is 11.3 Å². The standard InChI is InChI=1S/C15H25N3OS.2ClH/c1-9-14(20-11(3)17-9)10(2)18(4)15(19)12-6-5-7-13(16)8-12;;/h10,12-13H,5-8,16H2,1-4H3;2*1H. The van der Waals surface area contributed by atoms with E-state index in [9.17, 15) is 4.79 Å². The minimum Gasteiger partial charge on any atom is -0.338 e. The summed E-state index contributed by atoms with van der Waals surface area (Å²) in [5, 5.41) is 1.06. The number of nitrogens with two attached hydrogens (primary N) is 1. The van der Waals surface area contributed by atoms with E-state index in [0.717, 1.165) is 36.4 Å². The molecule has 0 aromatic carbocycles. The van der Waals surface area contributed by atoms with Gasteiger partial charge >= 0.3 is 0 Å². The van der Waals surface area contributed by atoms with Crippen LogP contribution in [-0.4, -0.2) is 28.9 Å². The number of amides is 1. The third kappa shape index (κ3) is 4.82. The molecular formula is C15H27Cl2N3OS. The molecule has 4 nitrogen and oxygen atoms in total. The van der Waals surface area contributed by atoms with Crippen LogP contribution >= 0.6 is 36.2 Å². The Morgan fingerprint density at radius 2 is 2.00 bits per heavy atom. The Bertz CT molecular complexity index is 495. The topological polar surface area (TPSA) is 59.2 Å². The van der Waals surface area contributed by atoms with Crippen LogP contribution in [0.4, 0.5) is 0 Å². The van der Waals surface area contributed by atoms with E-state index in [1.807, 2.05) is 25.8 Å². The zero-order valence-corrected chi connectivity index (χ0v) is 16.1. The first kappa shape index (κ1) is 21.6. The predicted molar refractivity (Wildman–Crippen MR) is 97.2 cm³/mol. The maximum Gasteiger partial charge on any atom is 0.226 e. The van der Waals surface area contributed by atoms with Crippen LogP contribution in [0.2, 0.25) is 0 Å². The van der Waals surface area contributed by atoms with E-state index < -0.39 is 0 Å². The number of aryl methyl sites for hydroxylation is 2. The molecule has 0 radical (unpaired) electrons. The molecule has 2 rings (SSSR count). The fourth-order valence-corrected chi connectivity index (χ4v) is 4.06. The summed E-state index contributed by atoms with van der Waals surface area (Å²) >= 11 is 1.69. The number of halogens is 2. The highest BCUT2D eigenvalue weighted by Crippen LogP contribution is 2.31. The Kier molecular flexibility index (Phi) is 8.91. The molecule has 1 aliphatic carbocycles. The zero-order valence-electron chi connectivity index (χ0n) is 13.7. The lowest BCUT2D eigenvalue weighted by Gasteiger charge is -2.32. The van der Waals surface area contributed by atoms with E-state index in [2.05, 4.69) is 11.9 Å². The van der Waals surface area contributed by atoms with Crippen molar-refractivity contribution in [3.05, 3.63) is 15.6 Å². The largest absolute Gasteiger partial charge is 0.338 e. The maximum absolute atomic E-state index is 12.6. The van der Waals surface area contributed by atoms with Crippen molar-refractivity contribution >= 4 is 42.1 Å². The van der Waals surface area contributed by atoms with E-state index in [0.29, 0.717) is 0 Å². The van der Waals surface area contributed by atoms with Crippen molar-refractivity contribution in [2.45, 2.75) is 58.5 Å². The fraction of sp³-hybridized carbons (Fsp3) is 0.733. The van der Waals surface area contributed by atoms with Crippen molar-refractivity contribution in [2.75, 3.05) is 7.05 Å². The molecule has 1 amide bonds. The molecule has 1 aromatic rings. The molecule has 3 unspecified atom stereocenters. The average Bonchev–Trinajstić information content (AvgIpc) is 2.75. The van der Waals surface area contributed by atoms with Gasteiger partial charge in [0.2, 0.25) is 5.91 Å². The molecule has 1 aromatic heterocycles. The van der Waals surface area contributed by atoms with Gasteiger partial charge in [-0.3, -0.25) is 4.79 Å². The van der Waals surface area contributed by atoms with Crippen LogP contribution in [0.5, 0.6) is 0 Å². The Balaban J connectivity index is 0.00000220. The summed E-state index contributed by atoms with van der Waals surface area (Å²) in [6.45, 7) is 6.11. The quantitative estimate of drug-likeness (QED) is 0.886. The smallest absolute Gasteiger partial charge is 0.226 e. The van der Waals surface area contributed by atoms with Crippen LogP contribution in [0.25, 0.3) is 0 Å². The molecule has 7 heteroatoms. The van der Waals surface area contributed by atoms with Gasteiger partial charge in [-0.15, -0.1) is 36.2 Å². The molecular weight excluding hydrogens is 341 g/mol. The summed E-state index contributed by atoms with van der Waals surface area (Å²) in [7, 11) is 1.90. The summed E-state index contributed by atoms with van der Waals surface area (Å²) in [5.74, 6) is 0.332. The van der Waals surface area contributed by atoms with Gasteiger partial charge in [-0.2, -0.15) is 0 Å². The normalized spacial score (nSPS) is 22.2.